The fourth-order valence-electron chi connectivity index (χ4n) is 2.52. The van der Waals surface area contributed by atoms with Crippen LogP contribution in [-0.2, 0) is 9.47 Å². The average Bonchev–Trinajstić information content (AvgIpc) is 2.53. The Balaban J connectivity index is 3.31. The van der Waals surface area contributed by atoms with Gasteiger partial charge in [0.15, 0.2) is 17.8 Å². The van der Waals surface area contributed by atoms with Crippen molar-refractivity contribution in [3.05, 3.63) is 17.7 Å². The zero-order valence-corrected chi connectivity index (χ0v) is 14.3. The van der Waals surface area contributed by atoms with Crippen molar-refractivity contribution in [1.29, 1.82) is 0 Å². The molecule has 0 bridgehead atoms. The average molecular weight is 314 g/mol. The van der Waals surface area contributed by atoms with E-state index in [0.717, 1.165) is 0 Å². The van der Waals surface area contributed by atoms with Crippen LogP contribution in [0.4, 0.5) is 0 Å². The van der Waals surface area contributed by atoms with Gasteiger partial charge in [-0.2, -0.15) is 0 Å². The van der Waals surface area contributed by atoms with Gasteiger partial charge in [-0.3, -0.25) is 0 Å². The lowest BCUT2D eigenvalue weighted by Crippen LogP contribution is -2.38. The molecule has 0 heterocycles. The molecule has 0 aliphatic rings. The predicted molar refractivity (Wildman–Crippen MR) is 82.6 cm³/mol. The number of ether oxygens (including phenoxy) is 5. The third kappa shape index (κ3) is 3.45. The van der Waals surface area contributed by atoms with Gasteiger partial charge in [-0.05, 0) is 17.7 Å². The van der Waals surface area contributed by atoms with E-state index in [0.29, 0.717) is 22.8 Å². The second kappa shape index (κ2) is 7.67. The Bertz CT molecular complexity index is 457. The smallest absolute Gasteiger partial charge is 0.203 e. The first-order valence-corrected chi connectivity index (χ1v) is 6.90. The highest BCUT2D eigenvalue weighted by molar-refractivity contribution is 5.54. The van der Waals surface area contributed by atoms with Gasteiger partial charge in [-0.1, -0.05) is 13.8 Å². The minimum Gasteiger partial charge on any atom is -0.493 e. The summed E-state index contributed by atoms with van der Waals surface area (Å²) >= 11 is 0. The number of benzene rings is 1. The van der Waals surface area contributed by atoms with Crippen molar-refractivity contribution in [1.82, 2.24) is 0 Å². The Kier molecular flexibility index (Phi) is 6.47. The van der Waals surface area contributed by atoms with E-state index >= 15 is 0 Å². The Morgan fingerprint density at radius 2 is 1.32 bits per heavy atom. The summed E-state index contributed by atoms with van der Waals surface area (Å²) in [6.07, 6.45) is -1.42. The molecule has 0 aliphatic heterocycles. The Morgan fingerprint density at radius 3 is 1.64 bits per heavy atom. The molecule has 0 saturated heterocycles. The molecule has 0 unspecified atom stereocenters. The largest absolute Gasteiger partial charge is 0.493 e. The van der Waals surface area contributed by atoms with E-state index in [-0.39, 0.29) is 0 Å². The molecular weight excluding hydrogens is 288 g/mol. The highest BCUT2D eigenvalue weighted by Crippen LogP contribution is 2.44. The van der Waals surface area contributed by atoms with E-state index < -0.39 is 17.8 Å². The normalized spacial score (nSPS) is 13.1. The molecular formula is C16H26O6. The van der Waals surface area contributed by atoms with Crippen molar-refractivity contribution < 1.29 is 28.8 Å². The summed E-state index contributed by atoms with van der Waals surface area (Å²) in [6.45, 7) is 3.72. The van der Waals surface area contributed by atoms with E-state index in [1.54, 1.807) is 12.1 Å². The van der Waals surface area contributed by atoms with Gasteiger partial charge >= 0.3 is 0 Å². The summed E-state index contributed by atoms with van der Waals surface area (Å²) in [5, 5.41) is 10.8. The van der Waals surface area contributed by atoms with Crippen LogP contribution in [0.2, 0.25) is 0 Å². The van der Waals surface area contributed by atoms with Crippen molar-refractivity contribution in [3.63, 3.8) is 0 Å². The number of methoxy groups -OCH3 is 5. The van der Waals surface area contributed by atoms with E-state index in [4.69, 9.17) is 23.7 Å². The summed E-state index contributed by atoms with van der Waals surface area (Å²) in [7, 11) is 7.68. The standard InChI is InChI=1S/C16H26O6/c1-16(2,15(21-6)22-7)14(17)10-8-11(18-3)13(20-5)12(9-10)19-4/h8-9,14-15,17H,1-7H3/t14-/m1/s1. The number of hydrogen-bond donors (Lipinski definition) is 1. The molecule has 0 spiro atoms. The number of hydrogen-bond acceptors (Lipinski definition) is 6. The first-order valence-electron chi connectivity index (χ1n) is 6.90. The van der Waals surface area contributed by atoms with Crippen LogP contribution in [0, 0.1) is 5.41 Å². The maximum Gasteiger partial charge on any atom is 0.203 e. The third-order valence-corrected chi connectivity index (χ3v) is 3.74. The number of rotatable bonds is 8. The van der Waals surface area contributed by atoms with Crippen LogP contribution >= 0.6 is 0 Å². The molecule has 0 fully saturated rings. The monoisotopic (exact) mass is 314 g/mol. The van der Waals surface area contributed by atoms with Gasteiger partial charge < -0.3 is 28.8 Å². The van der Waals surface area contributed by atoms with Crippen LogP contribution in [0.5, 0.6) is 17.2 Å². The Morgan fingerprint density at radius 1 is 0.864 bits per heavy atom. The second-order valence-corrected chi connectivity index (χ2v) is 5.49. The molecule has 1 rings (SSSR count). The summed E-state index contributed by atoms with van der Waals surface area (Å²) in [4.78, 5) is 0. The van der Waals surface area contributed by atoms with Crippen molar-refractivity contribution >= 4 is 0 Å². The van der Waals surface area contributed by atoms with Gasteiger partial charge in [0.05, 0.1) is 27.4 Å². The lowest BCUT2D eigenvalue weighted by Gasteiger charge is -2.36. The molecule has 0 amide bonds. The van der Waals surface area contributed by atoms with Crippen LogP contribution in [-0.4, -0.2) is 46.9 Å². The molecule has 1 N–H and O–H groups in total. The predicted octanol–water partition coefficient (Wildman–Crippen LogP) is 2.39. The zero-order valence-electron chi connectivity index (χ0n) is 14.3. The van der Waals surface area contributed by atoms with Crippen molar-refractivity contribution in [2.45, 2.75) is 26.2 Å². The first kappa shape index (κ1) is 18.5. The van der Waals surface area contributed by atoms with Crippen LogP contribution in [0.1, 0.15) is 25.5 Å². The van der Waals surface area contributed by atoms with Crippen molar-refractivity contribution in [3.8, 4) is 17.2 Å². The molecule has 0 aromatic heterocycles. The highest BCUT2D eigenvalue weighted by atomic mass is 16.7. The Labute approximate surface area is 131 Å². The lowest BCUT2D eigenvalue weighted by molar-refractivity contribution is -0.198. The van der Waals surface area contributed by atoms with E-state index in [1.807, 2.05) is 13.8 Å². The molecule has 0 aliphatic carbocycles. The van der Waals surface area contributed by atoms with E-state index in [1.165, 1.54) is 35.5 Å². The maximum atomic E-state index is 10.8. The minimum absolute atomic E-state index is 0.480. The van der Waals surface area contributed by atoms with Crippen LogP contribution in [0.3, 0.4) is 0 Å². The van der Waals surface area contributed by atoms with Crippen molar-refractivity contribution in [2.24, 2.45) is 5.41 Å². The second-order valence-electron chi connectivity index (χ2n) is 5.49. The van der Waals surface area contributed by atoms with Crippen LogP contribution in [0.25, 0.3) is 0 Å². The lowest BCUT2D eigenvalue weighted by atomic mass is 9.81. The van der Waals surface area contributed by atoms with Gasteiger partial charge in [0.25, 0.3) is 0 Å². The quantitative estimate of drug-likeness (QED) is 0.743. The summed E-state index contributed by atoms with van der Waals surface area (Å²) in [5.74, 6) is 1.45. The van der Waals surface area contributed by atoms with E-state index in [9.17, 15) is 5.11 Å². The third-order valence-electron chi connectivity index (χ3n) is 3.74. The molecule has 1 aromatic rings. The fraction of sp³-hybridized carbons (Fsp3) is 0.625. The zero-order chi connectivity index (χ0) is 16.9. The van der Waals surface area contributed by atoms with Gasteiger partial charge in [0.1, 0.15) is 0 Å². The Hall–Kier alpha value is -1.50. The molecule has 0 radical (unpaired) electrons. The summed E-state index contributed by atoms with van der Waals surface area (Å²) in [6, 6.07) is 3.44. The molecule has 22 heavy (non-hydrogen) atoms. The molecule has 1 aromatic carbocycles. The fourth-order valence-corrected chi connectivity index (χ4v) is 2.52. The van der Waals surface area contributed by atoms with Gasteiger partial charge in [0.2, 0.25) is 5.75 Å². The maximum absolute atomic E-state index is 10.8. The topological polar surface area (TPSA) is 66.4 Å². The molecule has 6 heteroatoms. The van der Waals surface area contributed by atoms with Gasteiger partial charge in [-0.15, -0.1) is 0 Å². The molecule has 126 valence electrons. The SMILES string of the molecule is COc1cc([C@@H](O)C(C)(C)C(OC)OC)cc(OC)c1OC. The molecule has 0 saturated carbocycles. The molecule has 6 nitrogen and oxygen atoms in total. The minimum atomic E-state index is -0.855. The van der Waals surface area contributed by atoms with Gasteiger partial charge in [0, 0.05) is 19.6 Å². The van der Waals surface area contributed by atoms with Crippen LogP contribution in [0.15, 0.2) is 12.1 Å². The van der Waals surface area contributed by atoms with Crippen molar-refractivity contribution in [2.75, 3.05) is 35.5 Å². The number of aliphatic hydroxyl groups is 1. The molecule has 1 atom stereocenters. The summed E-state index contributed by atoms with van der Waals surface area (Å²) in [5.41, 5.74) is -0.0627. The van der Waals surface area contributed by atoms with E-state index in [2.05, 4.69) is 0 Å². The van der Waals surface area contributed by atoms with Gasteiger partial charge in [-0.25, -0.2) is 0 Å². The number of aliphatic hydroxyl groups excluding tert-OH is 1. The van der Waals surface area contributed by atoms with Crippen LogP contribution < -0.4 is 14.2 Å². The first-order chi connectivity index (χ1) is 10.4. The highest BCUT2D eigenvalue weighted by Gasteiger charge is 2.39. The summed E-state index contributed by atoms with van der Waals surface area (Å²) < 4.78 is 26.5.